The highest BCUT2D eigenvalue weighted by molar-refractivity contribution is 6.31. The Kier molecular flexibility index (Phi) is 7.01. The van der Waals surface area contributed by atoms with Gasteiger partial charge in [-0.15, -0.1) is 0 Å². The fraction of sp³-hybridized carbons (Fsp3) is 0.310. The fourth-order valence-corrected chi connectivity index (χ4v) is 5.64. The van der Waals surface area contributed by atoms with E-state index < -0.39 is 5.60 Å². The van der Waals surface area contributed by atoms with Gasteiger partial charge in [0.05, 0.1) is 29.9 Å². The molecule has 206 valence electrons. The molecule has 1 fully saturated rings. The van der Waals surface area contributed by atoms with Crippen LogP contribution in [0.2, 0.25) is 5.02 Å². The molecule has 4 heterocycles. The third-order valence-corrected chi connectivity index (χ3v) is 8.08. The molecule has 5 aromatic rings. The predicted octanol–water partition coefficient (Wildman–Crippen LogP) is 3.12. The van der Waals surface area contributed by atoms with Crippen LogP contribution in [-0.2, 0) is 26.7 Å². The van der Waals surface area contributed by atoms with Crippen LogP contribution in [-0.4, -0.2) is 57.8 Å². The molecule has 0 spiro atoms. The van der Waals surface area contributed by atoms with Gasteiger partial charge < -0.3 is 10.8 Å². The van der Waals surface area contributed by atoms with Gasteiger partial charge in [0.15, 0.2) is 5.52 Å². The molecule has 1 saturated heterocycles. The first-order chi connectivity index (χ1) is 19.3. The number of nitrogens with zero attached hydrogens (tertiary/aromatic N) is 7. The number of aryl methyl sites for hydroxylation is 1. The maximum absolute atomic E-state index is 13.4. The Bertz CT molecular complexity index is 1700. The molecule has 0 radical (unpaired) electrons. The largest absolute Gasteiger partial charge is 0.388 e. The summed E-state index contributed by atoms with van der Waals surface area (Å²) in [6, 6.07) is 15.7. The summed E-state index contributed by atoms with van der Waals surface area (Å²) < 4.78 is 4.94. The summed E-state index contributed by atoms with van der Waals surface area (Å²) >= 11 is 6.58. The third-order valence-electron chi connectivity index (χ3n) is 7.73. The molecule has 0 unspecified atom stereocenters. The molecular weight excluding hydrogens is 528 g/mol. The maximum Gasteiger partial charge on any atom is 0.281 e. The Morgan fingerprint density at radius 2 is 1.88 bits per heavy atom. The highest BCUT2D eigenvalue weighted by atomic mass is 35.5. The van der Waals surface area contributed by atoms with Crippen molar-refractivity contribution < 1.29 is 5.11 Å². The lowest BCUT2D eigenvalue weighted by atomic mass is 9.91. The second kappa shape index (κ2) is 10.6. The van der Waals surface area contributed by atoms with Gasteiger partial charge in [-0.05, 0) is 42.2 Å². The summed E-state index contributed by atoms with van der Waals surface area (Å²) in [5.74, 6) is 0. The molecule has 40 heavy (non-hydrogen) atoms. The normalized spacial score (nSPS) is 15.6. The Balaban J connectivity index is 1.14. The van der Waals surface area contributed by atoms with Crippen molar-refractivity contribution in [1.29, 1.82) is 0 Å². The number of aliphatic hydroxyl groups is 1. The van der Waals surface area contributed by atoms with Gasteiger partial charge in [-0.2, -0.15) is 10.2 Å². The first-order valence-corrected chi connectivity index (χ1v) is 13.7. The molecule has 1 aliphatic rings. The molecular formula is C29H31ClN8O2. The van der Waals surface area contributed by atoms with E-state index in [9.17, 15) is 9.90 Å². The van der Waals surface area contributed by atoms with E-state index >= 15 is 0 Å². The number of rotatable bonds is 7. The maximum atomic E-state index is 13.4. The minimum Gasteiger partial charge on any atom is -0.388 e. The van der Waals surface area contributed by atoms with Crippen LogP contribution in [0.25, 0.3) is 28.0 Å². The molecule has 2 aromatic carbocycles. The number of halogens is 1. The number of nitrogens with two attached hydrogens (primary N) is 1. The monoisotopic (exact) mass is 558 g/mol. The molecule has 0 amide bonds. The molecule has 0 aliphatic carbocycles. The summed E-state index contributed by atoms with van der Waals surface area (Å²) in [4.78, 5) is 20.3. The van der Waals surface area contributed by atoms with Crippen molar-refractivity contribution in [2.24, 2.45) is 12.8 Å². The van der Waals surface area contributed by atoms with E-state index in [4.69, 9.17) is 17.3 Å². The molecule has 3 N–H and O–H groups in total. The van der Waals surface area contributed by atoms with E-state index in [0.29, 0.717) is 49.6 Å². The molecule has 3 aromatic heterocycles. The van der Waals surface area contributed by atoms with Crippen LogP contribution in [0, 0.1) is 0 Å². The lowest BCUT2D eigenvalue weighted by Crippen LogP contribution is -2.47. The lowest BCUT2D eigenvalue weighted by molar-refractivity contribution is -0.0364. The number of hydrogen-bond donors (Lipinski definition) is 2. The van der Waals surface area contributed by atoms with Crippen molar-refractivity contribution in [1.82, 2.24) is 34.0 Å². The fourth-order valence-electron chi connectivity index (χ4n) is 5.40. The second-order valence-corrected chi connectivity index (χ2v) is 10.9. The first-order valence-electron chi connectivity index (χ1n) is 13.3. The number of piperidine rings is 1. The lowest BCUT2D eigenvalue weighted by Gasteiger charge is -2.38. The standard InChI is InChI=1S/C29H31ClN8O2/c1-35-27(21-5-3-20(16-31)4-6-21)25-26(34-35)28(39)37(19-32-25)18-29(40)9-13-36(14-10-29)17-22-7-8-23(15-24(22)30)38-12-2-11-33-38/h2-8,11-12,15,19,40H,9-10,13-14,16-18,31H2,1H3. The van der Waals surface area contributed by atoms with Crippen LogP contribution in [0.5, 0.6) is 0 Å². The molecule has 0 atom stereocenters. The van der Waals surface area contributed by atoms with Crippen LogP contribution in [0.1, 0.15) is 24.0 Å². The number of likely N-dealkylation sites (tertiary alicyclic amines) is 1. The van der Waals surface area contributed by atoms with E-state index in [-0.39, 0.29) is 17.6 Å². The first kappa shape index (κ1) is 26.4. The summed E-state index contributed by atoms with van der Waals surface area (Å²) in [6.07, 6.45) is 6.19. The number of fused-ring (bicyclic) bond motifs is 1. The van der Waals surface area contributed by atoms with Crippen LogP contribution in [0.4, 0.5) is 0 Å². The molecule has 11 heteroatoms. The summed E-state index contributed by atoms with van der Waals surface area (Å²) in [6.45, 7) is 2.68. The van der Waals surface area contributed by atoms with E-state index in [1.165, 1.54) is 10.9 Å². The Morgan fingerprint density at radius 3 is 2.55 bits per heavy atom. The van der Waals surface area contributed by atoms with Crippen molar-refractivity contribution in [3.05, 3.63) is 93.8 Å². The van der Waals surface area contributed by atoms with Gasteiger partial charge in [-0.25, -0.2) is 9.67 Å². The van der Waals surface area contributed by atoms with E-state index in [1.807, 2.05) is 54.7 Å². The van der Waals surface area contributed by atoms with Gasteiger partial charge in [-0.1, -0.05) is 41.9 Å². The van der Waals surface area contributed by atoms with Gasteiger partial charge in [-0.3, -0.25) is 18.9 Å². The highest BCUT2D eigenvalue weighted by Gasteiger charge is 2.33. The number of aromatic nitrogens is 6. The summed E-state index contributed by atoms with van der Waals surface area (Å²) in [7, 11) is 1.80. The van der Waals surface area contributed by atoms with Crippen LogP contribution in [0.3, 0.4) is 0 Å². The Morgan fingerprint density at radius 1 is 1.10 bits per heavy atom. The minimum atomic E-state index is -1.01. The summed E-state index contributed by atoms with van der Waals surface area (Å²) in [5.41, 5.74) is 9.92. The van der Waals surface area contributed by atoms with Crippen LogP contribution < -0.4 is 11.3 Å². The average Bonchev–Trinajstić information content (AvgIpc) is 3.61. The Labute approximate surface area is 236 Å². The van der Waals surface area contributed by atoms with E-state index in [0.717, 1.165) is 28.1 Å². The topological polar surface area (TPSA) is 120 Å². The van der Waals surface area contributed by atoms with E-state index in [2.05, 4.69) is 20.1 Å². The number of hydrogen-bond acceptors (Lipinski definition) is 7. The predicted molar refractivity (Wildman–Crippen MR) is 154 cm³/mol. The van der Waals surface area contributed by atoms with Gasteiger partial charge in [0.1, 0.15) is 5.52 Å². The molecule has 0 saturated carbocycles. The van der Waals surface area contributed by atoms with Crippen LogP contribution in [0.15, 0.2) is 72.0 Å². The van der Waals surface area contributed by atoms with Crippen molar-refractivity contribution >= 4 is 22.6 Å². The van der Waals surface area contributed by atoms with Gasteiger partial charge in [0.2, 0.25) is 0 Å². The third kappa shape index (κ3) is 5.06. The molecule has 10 nitrogen and oxygen atoms in total. The molecule has 0 bridgehead atoms. The van der Waals surface area contributed by atoms with Crippen molar-refractivity contribution in [3.8, 4) is 16.9 Å². The zero-order valence-corrected chi connectivity index (χ0v) is 23.0. The zero-order chi connectivity index (χ0) is 27.9. The second-order valence-electron chi connectivity index (χ2n) is 10.5. The quantitative estimate of drug-likeness (QED) is 0.315. The molecule has 1 aliphatic heterocycles. The van der Waals surface area contributed by atoms with Crippen molar-refractivity contribution in [2.75, 3.05) is 13.1 Å². The van der Waals surface area contributed by atoms with Gasteiger partial charge >= 0.3 is 0 Å². The number of benzene rings is 2. The van der Waals surface area contributed by atoms with E-state index in [1.54, 1.807) is 22.6 Å². The SMILES string of the molecule is Cn1nc2c(=O)n(CC3(O)CCN(Cc4ccc(-n5cccn5)cc4Cl)CC3)cnc2c1-c1ccc(CN)cc1. The summed E-state index contributed by atoms with van der Waals surface area (Å²) in [5, 5.41) is 20.8. The van der Waals surface area contributed by atoms with Crippen molar-refractivity contribution in [3.63, 3.8) is 0 Å². The van der Waals surface area contributed by atoms with Crippen molar-refractivity contribution in [2.45, 2.75) is 38.1 Å². The van der Waals surface area contributed by atoms with Gasteiger partial charge in [0, 0.05) is 56.2 Å². The smallest absolute Gasteiger partial charge is 0.281 e. The zero-order valence-electron chi connectivity index (χ0n) is 22.2. The van der Waals surface area contributed by atoms with Gasteiger partial charge in [0.25, 0.3) is 5.56 Å². The average molecular weight is 559 g/mol. The Hall–Kier alpha value is -3.83. The minimum absolute atomic E-state index is 0.166. The van der Waals surface area contributed by atoms with Crippen LogP contribution >= 0.6 is 11.6 Å². The highest BCUT2D eigenvalue weighted by Crippen LogP contribution is 2.29. The molecule has 6 rings (SSSR count).